The minimum Gasteiger partial charge on any atom is -0.413 e. The lowest BCUT2D eigenvalue weighted by atomic mass is 10.2. The normalized spacial score (nSPS) is 14.4. The Hall–Kier alpha value is -0.0231. The molecule has 0 spiro atoms. The van der Waals surface area contributed by atoms with Crippen molar-refractivity contribution in [3.63, 3.8) is 0 Å². The number of rotatable bonds is 7. The topological polar surface area (TPSA) is 35.5 Å². The van der Waals surface area contributed by atoms with Crippen molar-refractivity contribution in [2.24, 2.45) is 0 Å². The fourth-order valence-electron chi connectivity index (χ4n) is 0.965. The van der Waals surface area contributed by atoms with Gasteiger partial charge in [0.05, 0.1) is 13.2 Å². The summed E-state index contributed by atoms with van der Waals surface area (Å²) in [6, 6.07) is 0. The van der Waals surface area contributed by atoms with Crippen LogP contribution in [0.25, 0.3) is 0 Å². The maximum absolute atomic E-state index is 10.1. The Morgan fingerprint density at radius 2 is 1.94 bits per heavy atom. The Labute approximate surface area is 108 Å². The monoisotopic (exact) mass is 276 g/mol. The van der Waals surface area contributed by atoms with E-state index in [1.165, 1.54) is 5.57 Å². The van der Waals surface area contributed by atoms with E-state index in [2.05, 4.69) is 46.9 Å². The van der Waals surface area contributed by atoms with Crippen molar-refractivity contribution >= 4 is 17.0 Å². The van der Waals surface area contributed by atoms with Crippen LogP contribution in [0, 0.1) is 0 Å². The third-order valence-electron chi connectivity index (χ3n) is 3.22. The van der Waals surface area contributed by atoms with E-state index in [0.717, 1.165) is 6.42 Å². The maximum atomic E-state index is 10.1. The molecule has 0 aromatic rings. The van der Waals surface area contributed by atoms with Gasteiger partial charge in [-0.05, 0) is 31.5 Å². The van der Waals surface area contributed by atoms with Crippen molar-refractivity contribution in [2.75, 3.05) is 13.2 Å². The van der Waals surface area contributed by atoms with Gasteiger partial charge in [-0.1, -0.05) is 32.4 Å². The summed E-state index contributed by atoms with van der Waals surface area (Å²) in [5.41, 5.74) is 1.21. The Kier molecular flexibility index (Phi) is 7.41. The van der Waals surface area contributed by atoms with Crippen LogP contribution < -0.4 is 0 Å². The highest BCUT2D eigenvalue weighted by Gasteiger charge is 2.36. The molecule has 0 unspecified atom stereocenters. The molecule has 100 valence electrons. The smallest absolute Gasteiger partial charge is 0.327 e. The SMILES string of the molecule is C/C(=C/CCOP=O)CO[Si](C)(C)C(C)(C)C. The zero-order chi connectivity index (χ0) is 13.5. The molecule has 0 aliphatic carbocycles. The molecule has 0 amide bonds. The summed E-state index contributed by atoms with van der Waals surface area (Å²) >= 11 is 0. The predicted molar refractivity (Wildman–Crippen MR) is 75.1 cm³/mol. The van der Waals surface area contributed by atoms with Crippen LogP contribution in [0.5, 0.6) is 0 Å². The molecule has 0 aromatic carbocycles. The fraction of sp³-hybridized carbons (Fsp3) is 0.833. The van der Waals surface area contributed by atoms with Gasteiger partial charge in [0, 0.05) is 0 Å². The van der Waals surface area contributed by atoms with E-state index in [0.29, 0.717) is 13.2 Å². The summed E-state index contributed by atoms with van der Waals surface area (Å²) in [5, 5.41) is 0.248. The van der Waals surface area contributed by atoms with Gasteiger partial charge in [0.1, 0.15) is 0 Å². The molecule has 5 heteroatoms. The molecule has 17 heavy (non-hydrogen) atoms. The summed E-state index contributed by atoms with van der Waals surface area (Å²) in [5.74, 6) is 0. The summed E-state index contributed by atoms with van der Waals surface area (Å²) in [4.78, 5) is 0. The molecule has 0 aliphatic heterocycles. The first-order valence-electron chi connectivity index (χ1n) is 5.95. The molecule has 0 saturated heterocycles. The van der Waals surface area contributed by atoms with Crippen molar-refractivity contribution in [3.05, 3.63) is 11.6 Å². The van der Waals surface area contributed by atoms with E-state index in [9.17, 15) is 4.57 Å². The van der Waals surface area contributed by atoms with Crippen LogP contribution in [0.2, 0.25) is 18.1 Å². The molecular formula is C12H25O3PSi. The van der Waals surface area contributed by atoms with Gasteiger partial charge in [-0.3, -0.25) is 4.52 Å². The van der Waals surface area contributed by atoms with Crippen LogP contribution in [0.3, 0.4) is 0 Å². The lowest BCUT2D eigenvalue weighted by molar-refractivity contribution is 0.316. The van der Waals surface area contributed by atoms with Crippen molar-refractivity contribution in [2.45, 2.75) is 52.2 Å². The Balaban J connectivity index is 4.06. The van der Waals surface area contributed by atoms with Gasteiger partial charge in [0.25, 0.3) is 0 Å². The van der Waals surface area contributed by atoms with Crippen LogP contribution in [-0.4, -0.2) is 21.5 Å². The average Bonchev–Trinajstić information content (AvgIpc) is 2.20. The Morgan fingerprint density at radius 1 is 1.35 bits per heavy atom. The van der Waals surface area contributed by atoms with Gasteiger partial charge in [0.2, 0.25) is 0 Å². The Morgan fingerprint density at radius 3 is 2.41 bits per heavy atom. The highest BCUT2D eigenvalue weighted by atomic mass is 31.1. The second-order valence-corrected chi connectivity index (χ2v) is 11.0. The third-order valence-corrected chi connectivity index (χ3v) is 7.99. The molecule has 0 rings (SSSR count). The molecule has 0 N–H and O–H groups in total. The number of hydrogen-bond donors (Lipinski definition) is 0. The molecule has 0 fully saturated rings. The summed E-state index contributed by atoms with van der Waals surface area (Å²) in [6.07, 6.45) is 2.86. The average molecular weight is 276 g/mol. The van der Waals surface area contributed by atoms with Crippen molar-refractivity contribution < 1.29 is 13.5 Å². The first kappa shape index (κ1) is 17.0. The number of hydrogen-bond acceptors (Lipinski definition) is 3. The van der Waals surface area contributed by atoms with E-state index < -0.39 is 8.32 Å². The zero-order valence-electron chi connectivity index (χ0n) is 11.9. The molecule has 0 heterocycles. The first-order chi connectivity index (χ1) is 7.70. The second-order valence-electron chi connectivity index (χ2n) is 5.80. The molecular weight excluding hydrogens is 251 g/mol. The molecule has 0 aliphatic rings. The zero-order valence-corrected chi connectivity index (χ0v) is 13.8. The van der Waals surface area contributed by atoms with Crippen molar-refractivity contribution in [1.82, 2.24) is 0 Å². The lowest BCUT2D eigenvalue weighted by Gasteiger charge is -2.36. The van der Waals surface area contributed by atoms with Gasteiger partial charge in [-0.2, -0.15) is 0 Å². The first-order valence-corrected chi connectivity index (χ1v) is 9.59. The van der Waals surface area contributed by atoms with E-state index in [1.807, 2.05) is 0 Å². The quantitative estimate of drug-likeness (QED) is 0.296. The summed E-state index contributed by atoms with van der Waals surface area (Å²) < 4.78 is 20.9. The lowest BCUT2D eigenvalue weighted by Crippen LogP contribution is -2.41. The molecule has 0 aromatic heterocycles. The second kappa shape index (κ2) is 7.42. The van der Waals surface area contributed by atoms with Crippen LogP contribution >= 0.6 is 8.69 Å². The third kappa shape index (κ3) is 7.09. The molecule has 3 nitrogen and oxygen atoms in total. The van der Waals surface area contributed by atoms with Crippen LogP contribution in [0.15, 0.2) is 11.6 Å². The standard InChI is InChI=1S/C12H25O3PSi/c1-11(8-7-9-14-16-13)10-15-17(5,6)12(2,3)4/h8H,7,9-10H2,1-6H3/b11-8-. The van der Waals surface area contributed by atoms with E-state index in [-0.39, 0.29) is 13.7 Å². The summed E-state index contributed by atoms with van der Waals surface area (Å²) in [7, 11) is -1.89. The highest BCUT2D eigenvalue weighted by Crippen LogP contribution is 2.36. The highest BCUT2D eigenvalue weighted by molar-refractivity contribution is 7.17. The van der Waals surface area contributed by atoms with Gasteiger partial charge in [0.15, 0.2) is 8.32 Å². The van der Waals surface area contributed by atoms with Crippen molar-refractivity contribution in [1.29, 1.82) is 0 Å². The fourth-order valence-corrected chi connectivity index (χ4v) is 2.17. The minimum absolute atomic E-state index is 0.244. The van der Waals surface area contributed by atoms with Gasteiger partial charge >= 0.3 is 8.69 Å². The largest absolute Gasteiger partial charge is 0.413 e. The minimum atomic E-state index is -1.65. The van der Waals surface area contributed by atoms with Crippen LogP contribution in [0.1, 0.15) is 34.1 Å². The Bertz CT molecular complexity index is 269. The molecule has 0 radical (unpaired) electrons. The van der Waals surface area contributed by atoms with Crippen LogP contribution in [0.4, 0.5) is 0 Å². The molecule has 0 saturated carbocycles. The maximum Gasteiger partial charge on any atom is 0.327 e. The predicted octanol–water partition coefficient (Wildman–Crippen LogP) is 4.57. The van der Waals surface area contributed by atoms with Crippen molar-refractivity contribution in [3.8, 4) is 0 Å². The van der Waals surface area contributed by atoms with Gasteiger partial charge < -0.3 is 4.43 Å². The van der Waals surface area contributed by atoms with E-state index in [4.69, 9.17) is 8.95 Å². The van der Waals surface area contributed by atoms with Gasteiger partial charge in [-0.15, -0.1) is 0 Å². The van der Waals surface area contributed by atoms with E-state index in [1.54, 1.807) is 0 Å². The van der Waals surface area contributed by atoms with Crippen LogP contribution in [-0.2, 0) is 13.5 Å². The summed E-state index contributed by atoms with van der Waals surface area (Å²) in [6.45, 7) is 14.4. The molecule has 0 bridgehead atoms. The van der Waals surface area contributed by atoms with E-state index >= 15 is 0 Å². The van der Waals surface area contributed by atoms with Gasteiger partial charge in [-0.25, -0.2) is 4.57 Å². The molecule has 0 atom stereocenters.